The maximum atomic E-state index is 12.9. The molecule has 2 N–H and O–H groups in total. The lowest BCUT2D eigenvalue weighted by molar-refractivity contribution is -0.161. The van der Waals surface area contributed by atoms with E-state index in [9.17, 15) is 28.9 Å². The molecule has 0 aromatic heterocycles. The number of unbranched alkanes of at least 4 members (excludes halogenated alkanes) is 23. The van der Waals surface area contributed by atoms with Crippen LogP contribution < -0.4 is 0 Å². The summed E-state index contributed by atoms with van der Waals surface area (Å²) in [7, 11) is -4.75. The molecule has 0 aliphatic heterocycles. The molecule has 3 atom stereocenters. The summed E-state index contributed by atoms with van der Waals surface area (Å²) in [5.41, 5.74) is 0. The third-order valence-electron chi connectivity index (χ3n) is 11.4. The third-order valence-corrected chi connectivity index (χ3v) is 12.4. The lowest BCUT2D eigenvalue weighted by atomic mass is 10.0. The molecule has 0 heterocycles. The van der Waals surface area contributed by atoms with Crippen molar-refractivity contribution >= 4 is 25.7 Å². The molecule has 0 aliphatic rings. The summed E-state index contributed by atoms with van der Waals surface area (Å²) < 4.78 is 39.4. The number of aliphatic hydroxyl groups is 1. The first-order chi connectivity index (χ1) is 33.2. The molecule has 3 unspecified atom stereocenters. The number of aliphatic hydroxyl groups excluding tert-OH is 1. The lowest BCUT2D eigenvalue weighted by Gasteiger charge is -2.21. The number of allylic oxidation sites excluding steroid dienone is 10. The van der Waals surface area contributed by atoms with Gasteiger partial charge in [-0.15, -0.1) is 0 Å². The fourth-order valence-electron chi connectivity index (χ4n) is 7.28. The molecule has 11 nitrogen and oxygen atoms in total. The van der Waals surface area contributed by atoms with Gasteiger partial charge in [0.2, 0.25) is 0 Å². The SMILES string of the molecule is CC/C=C\C/C=C\C/C=C\CCCCCC(=O)OC(CO)COP(=O)(O)OCC(COC(=O)CCCCCCCCCCCCCCC)OC(=O)CCCCCCC/C=C\C/C=C\CCCCC. The van der Waals surface area contributed by atoms with Crippen LogP contribution in [-0.4, -0.2) is 66.5 Å². The molecular weight excluding hydrogens is 880 g/mol. The first-order valence-corrected chi connectivity index (χ1v) is 28.7. The predicted octanol–water partition coefficient (Wildman–Crippen LogP) is 15.6. The predicted molar refractivity (Wildman–Crippen MR) is 279 cm³/mol. The Morgan fingerprint density at radius 1 is 0.426 bits per heavy atom. The Hall–Kier alpha value is -2.82. The van der Waals surface area contributed by atoms with Crippen molar-refractivity contribution in [2.75, 3.05) is 26.4 Å². The fraction of sp³-hybridized carbons (Fsp3) is 0.768. The van der Waals surface area contributed by atoms with Crippen molar-refractivity contribution in [1.29, 1.82) is 0 Å². The molecule has 0 amide bonds. The number of hydrogen-bond acceptors (Lipinski definition) is 10. The standard InChI is InChI=1S/C56H99O11P/c1-4-7-10-13-16-19-22-25-26-29-32-35-38-41-44-47-56(60)67-53(49-63-54(58)45-42-39-36-33-30-27-23-20-17-14-11-8-5-2)51-65-68(61,62)64-50-52(48-57)66-55(59)46-43-40-37-34-31-28-24-21-18-15-12-9-6-3/h9,12,16,18-19,21,25-26,28,31,52-53,57H,4-8,10-11,13-15,17,20,22-24,27,29-30,32-51H2,1-3H3,(H,61,62)/b12-9-,19-16-,21-18-,26-25-,31-28-. The van der Waals surface area contributed by atoms with Crippen LogP contribution in [0.2, 0.25) is 0 Å². The Bertz CT molecular complexity index is 1370. The summed E-state index contributed by atoms with van der Waals surface area (Å²) in [5.74, 6) is -1.51. The lowest BCUT2D eigenvalue weighted by Crippen LogP contribution is -2.30. The number of ether oxygens (including phenoxy) is 3. The van der Waals surface area contributed by atoms with Crippen molar-refractivity contribution in [2.24, 2.45) is 0 Å². The number of carbonyl (C=O) groups is 3. The van der Waals surface area contributed by atoms with Crippen LogP contribution in [-0.2, 0) is 42.2 Å². The Morgan fingerprint density at radius 2 is 0.765 bits per heavy atom. The number of rotatable bonds is 50. The van der Waals surface area contributed by atoms with Crippen molar-refractivity contribution in [2.45, 2.75) is 251 Å². The Kier molecular flexibility index (Phi) is 48.5. The minimum Gasteiger partial charge on any atom is -0.462 e. The third kappa shape index (κ3) is 48.2. The summed E-state index contributed by atoms with van der Waals surface area (Å²) in [5, 5.41) is 9.78. The van der Waals surface area contributed by atoms with E-state index in [2.05, 4.69) is 81.5 Å². The van der Waals surface area contributed by atoms with Crippen LogP contribution in [0, 0.1) is 0 Å². The zero-order valence-corrected chi connectivity index (χ0v) is 44.2. The average Bonchev–Trinajstić information content (AvgIpc) is 3.32. The number of carbonyl (C=O) groups excluding carboxylic acids is 3. The van der Waals surface area contributed by atoms with Crippen LogP contribution in [0.4, 0.5) is 0 Å². The van der Waals surface area contributed by atoms with E-state index in [0.717, 1.165) is 103 Å². The van der Waals surface area contributed by atoms with Gasteiger partial charge in [0.05, 0.1) is 19.8 Å². The van der Waals surface area contributed by atoms with E-state index in [0.29, 0.717) is 19.3 Å². The van der Waals surface area contributed by atoms with Crippen molar-refractivity contribution in [3.05, 3.63) is 60.8 Å². The Labute approximate surface area is 415 Å². The van der Waals surface area contributed by atoms with Crippen LogP contribution in [0.15, 0.2) is 60.8 Å². The minimum atomic E-state index is -4.75. The zero-order valence-electron chi connectivity index (χ0n) is 43.3. The number of esters is 3. The molecule has 0 aromatic rings. The molecule has 0 bridgehead atoms. The molecule has 12 heteroatoms. The van der Waals surface area contributed by atoms with Crippen molar-refractivity contribution in [3.63, 3.8) is 0 Å². The molecular formula is C56H99O11P. The second-order valence-electron chi connectivity index (χ2n) is 18.0. The highest BCUT2D eigenvalue weighted by atomic mass is 31.2. The van der Waals surface area contributed by atoms with Gasteiger partial charge in [-0.05, 0) is 83.5 Å². The second kappa shape index (κ2) is 50.6. The van der Waals surface area contributed by atoms with Gasteiger partial charge in [-0.3, -0.25) is 23.4 Å². The maximum absolute atomic E-state index is 12.9. The topological polar surface area (TPSA) is 155 Å². The molecule has 0 aromatic carbocycles. The Morgan fingerprint density at radius 3 is 1.22 bits per heavy atom. The molecule has 0 rings (SSSR count). The second-order valence-corrected chi connectivity index (χ2v) is 19.5. The van der Waals surface area contributed by atoms with E-state index in [4.69, 9.17) is 23.3 Å². The van der Waals surface area contributed by atoms with Gasteiger partial charge in [-0.25, -0.2) is 4.57 Å². The van der Waals surface area contributed by atoms with E-state index in [-0.39, 0.29) is 25.9 Å². The number of phosphoric acid groups is 1. The highest BCUT2D eigenvalue weighted by Gasteiger charge is 2.28. The summed E-state index contributed by atoms with van der Waals surface area (Å²) in [6.45, 7) is 4.45. The molecule has 0 spiro atoms. The van der Waals surface area contributed by atoms with Gasteiger partial charge in [-0.1, -0.05) is 197 Å². The van der Waals surface area contributed by atoms with E-state index in [1.807, 2.05) is 0 Å². The first-order valence-electron chi connectivity index (χ1n) is 27.2. The van der Waals surface area contributed by atoms with E-state index >= 15 is 0 Å². The largest absolute Gasteiger partial charge is 0.472 e. The minimum absolute atomic E-state index is 0.141. The van der Waals surface area contributed by atoms with Crippen molar-refractivity contribution < 1.29 is 52.2 Å². The molecule has 394 valence electrons. The van der Waals surface area contributed by atoms with Crippen molar-refractivity contribution in [1.82, 2.24) is 0 Å². The number of phosphoric ester groups is 1. The van der Waals surface area contributed by atoms with Gasteiger partial charge in [-0.2, -0.15) is 0 Å². The fourth-order valence-corrected chi connectivity index (χ4v) is 8.07. The van der Waals surface area contributed by atoms with Gasteiger partial charge in [0.15, 0.2) is 6.10 Å². The van der Waals surface area contributed by atoms with Gasteiger partial charge < -0.3 is 24.2 Å². The zero-order chi connectivity index (χ0) is 49.9. The molecule has 68 heavy (non-hydrogen) atoms. The van der Waals surface area contributed by atoms with E-state index < -0.39 is 57.8 Å². The normalized spacial score (nSPS) is 13.9. The summed E-state index contributed by atoms with van der Waals surface area (Å²) in [6, 6.07) is 0. The maximum Gasteiger partial charge on any atom is 0.472 e. The summed E-state index contributed by atoms with van der Waals surface area (Å²) >= 11 is 0. The molecule has 0 aliphatic carbocycles. The first kappa shape index (κ1) is 65.2. The monoisotopic (exact) mass is 979 g/mol. The van der Waals surface area contributed by atoms with E-state index in [1.54, 1.807) is 0 Å². The summed E-state index contributed by atoms with van der Waals surface area (Å²) in [4.78, 5) is 48.4. The van der Waals surface area contributed by atoms with Gasteiger partial charge in [0.25, 0.3) is 0 Å². The van der Waals surface area contributed by atoms with Crippen LogP contribution in [0.3, 0.4) is 0 Å². The highest BCUT2D eigenvalue weighted by Crippen LogP contribution is 2.43. The van der Waals surface area contributed by atoms with Crippen LogP contribution in [0.1, 0.15) is 239 Å². The molecule has 0 radical (unpaired) electrons. The van der Waals surface area contributed by atoms with Crippen LogP contribution >= 0.6 is 7.82 Å². The Balaban J connectivity index is 4.77. The van der Waals surface area contributed by atoms with Gasteiger partial charge in [0.1, 0.15) is 12.7 Å². The van der Waals surface area contributed by atoms with Crippen molar-refractivity contribution in [3.8, 4) is 0 Å². The summed E-state index contributed by atoms with van der Waals surface area (Å²) in [6.07, 6.45) is 53.3. The highest BCUT2D eigenvalue weighted by molar-refractivity contribution is 7.47. The molecule has 0 saturated heterocycles. The van der Waals surface area contributed by atoms with Crippen LogP contribution in [0.5, 0.6) is 0 Å². The quantitative estimate of drug-likeness (QED) is 0.0197. The van der Waals surface area contributed by atoms with E-state index in [1.165, 1.54) is 77.0 Å². The smallest absolute Gasteiger partial charge is 0.462 e. The average molecular weight is 979 g/mol. The van der Waals surface area contributed by atoms with Gasteiger partial charge >= 0.3 is 25.7 Å². The van der Waals surface area contributed by atoms with Crippen LogP contribution in [0.25, 0.3) is 0 Å². The molecule has 0 saturated carbocycles. The number of hydrogen-bond donors (Lipinski definition) is 2. The van der Waals surface area contributed by atoms with Gasteiger partial charge in [0, 0.05) is 19.3 Å². The molecule has 0 fully saturated rings.